The molecule has 1 amide bonds. The minimum atomic E-state index is -0.205. The average molecular weight is 420 g/mol. The van der Waals surface area contributed by atoms with Crippen LogP contribution in [-0.4, -0.2) is 32.2 Å². The topological polar surface area (TPSA) is 64.3 Å². The second-order valence-electron chi connectivity index (χ2n) is 6.43. The molecule has 1 aliphatic rings. The summed E-state index contributed by atoms with van der Waals surface area (Å²) in [5.41, 5.74) is 6.95. The largest absolute Gasteiger partial charge is 0.380 e. The molecule has 4 nitrogen and oxygen atoms in total. The first-order valence-corrected chi connectivity index (χ1v) is 9.14. The molecular formula is C18H28BrClN2O2. The lowest BCUT2D eigenvalue weighted by Crippen LogP contribution is -2.43. The molecule has 24 heavy (non-hydrogen) atoms. The summed E-state index contributed by atoms with van der Waals surface area (Å²) >= 11 is 3.57. The fourth-order valence-corrected chi connectivity index (χ4v) is 3.82. The Bertz CT molecular complexity index is 517. The molecular weight excluding hydrogens is 392 g/mol. The predicted molar refractivity (Wildman–Crippen MR) is 104 cm³/mol. The van der Waals surface area contributed by atoms with Crippen molar-refractivity contribution in [1.82, 2.24) is 5.32 Å². The number of benzene rings is 1. The number of nitrogens with one attached hydrogen (secondary N) is 1. The monoisotopic (exact) mass is 418 g/mol. The molecule has 1 fully saturated rings. The number of carbonyl (C=O) groups excluding carboxylic acids is 1. The Hall–Kier alpha value is -0.620. The van der Waals surface area contributed by atoms with E-state index in [0.717, 1.165) is 17.3 Å². The van der Waals surface area contributed by atoms with E-state index in [0.29, 0.717) is 19.5 Å². The van der Waals surface area contributed by atoms with Crippen LogP contribution in [-0.2, 0) is 14.9 Å². The summed E-state index contributed by atoms with van der Waals surface area (Å²) in [7, 11) is 1.59. The van der Waals surface area contributed by atoms with Crippen LogP contribution in [0.2, 0.25) is 0 Å². The summed E-state index contributed by atoms with van der Waals surface area (Å²) in [5, 5.41) is 3.12. The molecule has 136 valence electrons. The van der Waals surface area contributed by atoms with Gasteiger partial charge in [-0.2, -0.15) is 0 Å². The number of carbonyl (C=O) groups is 1. The Morgan fingerprint density at radius 2 is 2.08 bits per heavy atom. The van der Waals surface area contributed by atoms with Gasteiger partial charge in [-0.3, -0.25) is 4.79 Å². The first-order chi connectivity index (χ1) is 11.1. The van der Waals surface area contributed by atoms with Gasteiger partial charge in [-0.15, -0.1) is 12.4 Å². The van der Waals surface area contributed by atoms with Crippen molar-refractivity contribution in [3.8, 4) is 0 Å². The summed E-state index contributed by atoms with van der Waals surface area (Å²) < 4.78 is 6.29. The smallest absolute Gasteiger partial charge is 0.222 e. The molecule has 0 spiro atoms. The summed E-state index contributed by atoms with van der Waals surface area (Å²) in [6, 6.07) is 8.49. The number of rotatable bonds is 7. The zero-order valence-electron chi connectivity index (χ0n) is 14.2. The van der Waals surface area contributed by atoms with E-state index in [1.54, 1.807) is 7.11 Å². The van der Waals surface area contributed by atoms with Gasteiger partial charge in [-0.1, -0.05) is 47.3 Å². The van der Waals surface area contributed by atoms with Crippen LogP contribution >= 0.6 is 28.3 Å². The molecule has 0 aromatic heterocycles. The van der Waals surface area contributed by atoms with Gasteiger partial charge in [0.25, 0.3) is 0 Å². The third-order valence-electron chi connectivity index (χ3n) is 4.88. The predicted octanol–water partition coefficient (Wildman–Crippen LogP) is 3.55. The highest BCUT2D eigenvalue weighted by molar-refractivity contribution is 9.10. The maximum Gasteiger partial charge on any atom is 0.222 e. The van der Waals surface area contributed by atoms with E-state index < -0.39 is 0 Å². The number of hydrogen-bond acceptors (Lipinski definition) is 3. The van der Waals surface area contributed by atoms with Crippen molar-refractivity contribution in [2.45, 2.75) is 50.0 Å². The molecule has 2 rings (SSSR count). The fraction of sp³-hybridized carbons (Fsp3) is 0.611. The molecule has 0 radical (unpaired) electrons. The lowest BCUT2D eigenvalue weighted by atomic mass is 9.69. The molecule has 3 N–H and O–H groups in total. The Morgan fingerprint density at radius 3 is 2.67 bits per heavy atom. The van der Waals surface area contributed by atoms with Gasteiger partial charge < -0.3 is 15.8 Å². The fourth-order valence-electron chi connectivity index (χ4n) is 3.42. The zero-order chi connectivity index (χ0) is 16.7. The number of halogens is 2. The van der Waals surface area contributed by atoms with Gasteiger partial charge in [0.05, 0.1) is 12.5 Å². The third kappa shape index (κ3) is 5.73. The van der Waals surface area contributed by atoms with Crippen LogP contribution < -0.4 is 11.1 Å². The highest BCUT2D eigenvalue weighted by Crippen LogP contribution is 2.39. The van der Waals surface area contributed by atoms with Gasteiger partial charge in [0.2, 0.25) is 5.91 Å². The second kappa shape index (κ2) is 10.4. The van der Waals surface area contributed by atoms with Gasteiger partial charge in [0.15, 0.2) is 0 Å². The minimum Gasteiger partial charge on any atom is -0.380 e. The summed E-state index contributed by atoms with van der Waals surface area (Å²) in [6.07, 6.45) is 6.06. The number of hydrogen-bond donors (Lipinski definition) is 2. The van der Waals surface area contributed by atoms with Gasteiger partial charge >= 0.3 is 0 Å². The Balaban J connectivity index is 0.00000288. The van der Waals surface area contributed by atoms with E-state index >= 15 is 0 Å². The number of amides is 1. The summed E-state index contributed by atoms with van der Waals surface area (Å²) in [4.78, 5) is 12.2. The van der Waals surface area contributed by atoms with Crippen LogP contribution in [0.3, 0.4) is 0 Å². The van der Waals surface area contributed by atoms with E-state index in [2.05, 4.69) is 39.4 Å². The lowest BCUT2D eigenvalue weighted by Gasteiger charge is -2.38. The zero-order valence-corrected chi connectivity index (χ0v) is 16.6. The third-order valence-corrected chi connectivity index (χ3v) is 5.37. The van der Waals surface area contributed by atoms with Crippen LogP contribution in [0.5, 0.6) is 0 Å². The van der Waals surface area contributed by atoms with Crippen LogP contribution in [0.25, 0.3) is 0 Å². The summed E-state index contributed by atoms with van der Waals surface area (Å²) in [6.45, 7) is 1.05. The van der Waals surface area contributed by atoms with Crippen LogP contribution in [0, 0.1) is 0 Å². The molecule has 0 saturated heterocycles. The average Bonchev–Trinajstić information content (AvgIpc) is 2.58. The Kier molecular flexibility index (Phi) is 9.27. The van der Waals surface area contributed by atoms with Crippen molar-refractivity contribution < 1.29 is 9.53 Å². The molecule has 0 bridgehead atoms. The van der Waals surface area contributed by atoms with Crippen molar-refractivity contribution in [2.24, 2.45) is 5.73 Å². The van der Waals surface area contributed by atoms with Crippen molar-refractivity contribution >= 4 is 34.2 Å². The van der Waals surface area contributed by atoms with Gasteiger partial charge in [-0.25, -0.2) is 0 Å². The number of methoxy groups -OCH3 is 1. The van der Waals surface area contributed by atoms with E-state index in [-0.39, 0.29) is 29.8 Å². The Morgan fingerprint density at radius 1 is 1.38 bits per heavy atom. The molecule has 1 saturated carbocycles. The molecule has 1 aromatic carbocycles. The van der Waals surface area contributed by atoms with Crippen molar-refractivity contribution in [3.63, 3.8) is 0 Å². The first kappa shape index (κ1) is 21.4. The van der Waals surface area contributed by atoms with E-state index in [9.17, 15) is 4.79 Å². The SMILES string of the molecule is COC(CN)CC(=O)NCC1(c2cccc(Br)c2)CCCCC1.Cl. The summed E-state index contributed by atoms with van der Waals surface area (Å²) in [5.74, 6) is 0.0160. The minimum absolute atomic E-state index is 0. The maximum absolute atomic E-state index is 12.2. The molecule has 0 aliphatic heterocycles. The van der Waals surface area contributed by atoms with Gasteiger partial charge in [-0.05, 0) is 30.5 Å². The van der Waals surface area contributed by atoms with Crippen LogP contribution in [0.1, 0.15) is 44.1 Å². The molecule has 1 aliphatic carbocycles. The number of ether oxygens (including phenoxy) is 1. The first-order valence-electron chi connectivity index (χ1n) is 8.35. The molecule has 6 heteroatoms. The highest BCUT2D eigenvalue weighted by atomic mass is 79.9. The van der Waals surface area contributed by atoms with Crippen molar-refractivity contribution in [3.05, 3.63) is 34.3 Å². The maximum atomic E-state index is 12.2. The number of nitrogens with two attached hydrogens (primary N) is 1. The molecule has 1 unspecified atom stereocenters. The van der Waals surface area contributed by atoms with Crippen LogP contribution in [0.4, 0.5) is 0 Å². The normalized spacial score (nSPS) is 17.6. The van der Waals surface area contributed by atoms with Gasteiger partial charge in [0.1, 0.15) is 0 Å². The second-order valence-corrected chi connectivity index (χ2v) is 7.34. The molecule has 0 heterocycles. The van der Waals surface area contributed by atoms with E-state index in [1.807, 2.05) is 6.07 Å². The standard InChI is InChI=1S/C18H27BrN2O2.ClH/c1-23-16(12-20)11-17(22)21-13-18(8-3-2-4-9-18)14-6-5-7-15(19)10-14;/h5-7,10,16H,2-4,8-9,11-13,20H2,1H3,(H,21,22);1H. The molecule has 1 aromatic rings. The van der Waals surface area contributed by atoms with Gasteiger partial charge in [0, 0.05) is 30.1 Å². The van der Waals surface area contributed by atoms with E-state index in [4.69, 9.17) is 10.5 Å². The van der Waals surface area contributed by atoms with Crippen LogP contribution in [0.15, 0.2) is 28.7 Å². The van der Waals surface area contributed by atoms with Crippen molar-refractivity contribution in [1.29, 1.82) is 0 Å². The van der Waals surface area contributed by atoms with Crippen molar-refractivity contribution in [2.75, 3.05) is 20.2 Å². The highest BCUT2D eigenvalue weighted by Gasteiger charge is 2.34. The lowest BCUT2D eigenvalue weighted by molar-refractivity contribution is -0.123. The Labute approximate surface area is 159 Å². The molecule has 1 atom stereocenters. The van der Waals surface area contributed by atoms with E-state index in [1.165, 1.54) is 24.8 Å². The quantitative estimate of drug-likeness (QED) is 0.710.